The third-order valence-electron chi connectivity index (χ3n) is 2.85. The molecule has 1 unspecified atom stereocenters. The summed E-state index contributed by atoms with van der Waals surface area (Å²) in [5.74, 6) is 0. The van der Waals surface area contributed by atoms with Crippen molar-refractivity contribution in [3.05, 3.63) is 18.0 Å². The summed E-state index contributed by atoms with van der Waals surface area (Å²) in [7, 11) is 0. The maximum Gasteiger partial charge on any atom is 0.0537 e. The first-order chi connectivity index (χ1) is 7.81. The van der Waals surface area contributed by atoms with E-state index in [1.807, 2.05) is 6.20 Å². The molecule has 1 rings (SSSR count). The summed E-state index contributed by atoms with van der Waals surface area (Å²) in [6, 6.07) is 0.468. The largest absolute Gasteiger partial charge is 0.310 e. The van der Waals surface area contributed by atoms with Gasteiger partial charge in [-0.25, -0.2) is 0 Å². The summed E-state index contributed by atoms with van der Waals surface area (Å²) >= 11 is 0. The summed E-state index contributed by atoms with van der Waals surface area (Å²) in [6.45, 7) is 8.75. The first-order valence-corrected chi connectivity index (χ1v) is 6.57. The molecule has 1 N–H and O–H groups in total. The van der Waals surface area contributed by atoms with Crippen LogP contribution in [-0.4, -0.2) is 16.3 Å². The number of nitrogens with zero attached hydrogens (tertiary/aromatic N) is 2. The van der Waals surface area contributed by atoms with E-state index in [-0.39, 0.29) is 0 Å². The lowest BCUT2D eigenvalue weighted by Gasteiger charge is -2.14. The van der Waals surface area contributed by atoms with E-state index >= 15 is 0 Å². The number of nitrogens with one attached hydrogen (secondary N) is 1. The molecule has 16 heavy (non-hydrogen) atoms. The molecular formula is C13H25N3. The molecular weight excluding hydrogens is 198 g/mol. The van der Waals surface area contributed by atoms with Crippen LogP contribution in [0.1, 0.15) is 58.1 Å². The van der Waals surface area contributed by atoms with Gasteiger partial charge in [-0.15, -0.1) is 0 Å². The standard InChI is InChI=1S/C13H25N3/c1-4-7-9-16-11-12(10-15-16)13(6-3)14-8-5-2/h10-11,13-14H,4-9H2,1-3H3. The van der Waals surface area contributed by atoms with Crippen molar-refractivity contribution in [2.75, 3.05) is 6.54 Å². The maximum atomic E-state index is 4.41. The van der Waals surface area contributed by atoms with Gasteiger partial charge in [-0.05, 0) is 25.8 Å². The fraction of sp³-hybridized carbons (Fsp3) is 0.769. The zero-order valence-corrected chi connectivity index (χ0v) is 10.9. The van der Waals surface area contributed by atoms with E-state index in [1.165, 1.54) is 24.8 Å². The van der Waals surface area contributed by atoms with Crippen molar-refractivity contribution in [3.8, 4) is 0 Å². The number of aromatic nitrogens is 2. The Labute approximate surface area is 99.2 Å². The normalized spacial score (nSPS) is 12.9. The van der Waals surface area contributed by atoms with Crippen molar-refractivity contribution < 1.29 is 0 Å². The Bertz CT molecular complexity index is 280. The third-order valence-corrected chi connectivity index (χ3v) is 2.85. The average molecular weight is 223 g/mol. The first-order valence-electron chi connectivity index (χ1n) is 6.57. The molecule has 0 fully saturated rings. The molecule has 0 bridgehead atoms. The van der Waals surface area contributed by atoms with Crippen LogP contribution >= 0.6 is 0 Å². The molecule has 0 spiro atoms. The summed E-state index contributed by atoms with van der Waals surface area (Å²) < 4.78 is 2.06. The molecule has 1 atom stereocenters. The molecule has 1 aromatic rings. The average Bonchev–Trinajstić information content (AvgIpc) is 2.76. The Morgan fingerprint density at radius 2 is 2.12 bits per heavy atom. The molecule has 0 aliphatic heterocycles. The number of unbranched alkanes of at least 4 members (excludes halogenated alkanes) is 1. The van der Waals surface area contributed by atoms with E-state index in [2.05, 4.69) is 42.1 Å². The van der Waals surface area contributed by atoms with Crippen LogP contribution < -0.4 is 5.32 Å². The molecule has 0 aliphatic rings. The maximum absolute atomic E-state index is 4.41. The summed E-state index contributed by atoms with van der Waals surface area (Å²) in [5, 5.41) is 7.96. The molecule has 1 heterocycles. The highest BCUT2D eigenvalue weighted by molar-refractivity contribution is 5.10. The number of hydrogen-bond donors (Lipinski definition) is 1. The lowest BCUT2D eigenvalue weighted by atomic mass is 10.1. The second-order valence-corrected chi connectivity index (χ2v) is 4.31. The molecule has 0 saturated heterocycles. The van der Waals surface area contributed by atoms with E-state index < -0.39 is 0 Å². The Balaban J connectivity index is 2.52. The Morgan fingerprint density at radius 1 is 1.31 bits per heavy atom. The van der Waals surface area contributed by atoms with Gasteiger partial charge in [0.25, 0.3) is 0 Å². The Hall–Kier alpha value is -0.830. The van der Waals surface area contributed by atoms with Gasteiger partial charge in [0.1, 0.15) is 0 Å². The van der Waals surface area contributed by atoms with E-state index in [0.717, 1.165) is 19.5 Å². The van der Waals surface area contributed by atoms with E-state index in [1.54, 1.807) is 0 Å². The van der Waals surface area contributed by atoms with Gasteiger partial charge in [0, 0.05) is 24.3 Å². The predicted octanol–water partition coefficient (Wildman–Crippen LogP) is 3.13. The minimum absolute atomic E-state index is 0.468. The van der Waals surface area contributed by atoms with E-state index in [4.69, 9.17) is 0 Å². The highest BCUT2D eigenvalue weighted by Gasteiger charge is 2.09. The van der Waals surface area contributed by atoms with Crippen molar-refractivity contribution in [3.63, 3.8) is 0 Å². The SMILES string of the molecule is CCCCn1cc(C(CC)NCCC)cn1. The zero-order valence-electron chi connectivity index (χ0n) is 10.9. The minimum Gasteiger partial charge on any atom is -0.310 e. The number of rotatable bonds is 8. The van der Waals surface area contributed by atoms with Gasteiger partial charge >= 0.3 is 0 Å². The first kappa shape index (κ1) is 13.2. The molecule has 0 aliphatic carbocycles. The van der Waals surface area contributed by atoms with Crippen LogP contribution in [-0.2, 0) is 6.54 Å². The lowest BCUT2D eigenvalue weighted by Crippen LogP contribution is -2.21. The molecule has 92 valence electrons. The van der Waals surface area contributed by atoms with Crippen molar-refractivity contribution >= 4 is 0 Å². The van der Waals surface area contributed by atoms with Gasteiger partial charge < -0.3 is 5.32 Å². The Morgan fingerprint density at radius 3 is 2.75 bits per heavy atom. The topological polar surface area (TPSA) is 29.9 Å². The van der Waals surface area contributed by atoms with Crippen LogP contribution in [0.15, 0.2) is 12.4 Å². The molecule has 1 aromatic heterocycles. The van der Waals surface area contributed by atoms with Crippen molar-refractivity contribution in [2.24, 2.45) is 0 Å². The fourth-order valence-corrected chi connectivity index (χ4v) is 1.82. The molecule has 0 amide bonds. The van der Waals surface area contributed by atoms with Gasteiger partial charge in [0.15, 0.2) is 0 Å². The quantitative estimate of drug-likeness (QED) is 0.734. The zero-order chi connectivity index (χ0) is 11.8. The second-order valence-electron chi connectivity index (χ2n) is 4.31. The fourth-order valence-electron chi connectivity index (χ4n) is 1.82. The van der Waals surface area contributed by atoms with Gasteiger partial charge in [0.05, 0.1) is 6.20 Å². The van der Waals surface area contributed by atoms with Crippen molar-refractivity contribution in [2.45, 2.75) is 59.0 Å². The minimum atomic E-state index is 0.468. The summed E-state index contributed by atoms with van der Waals surface area (Å²) in [6.07, 6.45) is 8.93. The van der Waals surface area contributed by atoms with Crippen molar-refractivity contribution in [1.29, 1.82) is 0 Å². The van der Waals surface area contributed by atoms with Crippen molar-refractivity contribution in [1.82, 2.24) is 15.1 Å². The molecule has 3 heteroatoms. The Kier molecular flexibility index (Phi) is 6.16. The van der Waals surface area contributed by atoms with Gasteiger partial charge in [0.2, 0.25) is 0 Å². The second kappa shape index (κ2) is 7.44. The van der Waals surface area contributed by atoms with Gasteiger partial charge in [-0.3, -0.25) is 4.68 Å². The van der Waals surface area contributed by atoms with Crippen LogP contribution in [0.3, 0.4) is 0 Å². The number of aryl methyl sites for hydroxylation is 1. The summed E-state index contributed by atoms with van der Waals surface area (Å²) in [4.78, 5) is 0. The smallest absolute Gasteiger partial charge is 0.0537 e. The van der Waals surface area contributed by atoms with Gasteiger partial charge in [-0.1, -0.05) is 27.2 Å². The predicted molar refractivity (Wildman–Crippen MR) is 68.5 cm³/mol. The lowest BCUT2D eigenvalue weighted by molar-refractivity contribution is 0.516. The van der Waals surface area contributed by atoms with Crippen LogP contribution in [0.5, 0.6) is 0 Å². The van der Waals surface area contributed by atoms with Gasteiger partial charge in [-0.2, -0.15) is 5.10 Å². The summed E-state index contributed by atoms with van der Waals surface area (Å²) in [5.41, 5.74) is 1.33. The third kappa shape index (κ3) is 3.97. The highest BCUT2D eigenvalue weighted by atomic mass is 15.3. The number of hydrogen-bond acceptors (Lipinski definition) is 2. The van der Waals surface area contributed by atoms with Crippen LogP contribution in [0, 0.1) is 0 Å². The van der Waals surface area contributed by atoms with Crippen LogP contribution in [0.2, 0.25) is 0 Å². The van der Waals surface area contributed by atoms with Crippen LogP contribution in [0.25, 0.3) is 0 Å². The molecule has 3 nitrogen and oxygen atoms in total. The van der Waals surface area contributed by atoms with Crippen LogP contribution in [0.4, 0.5) is 0 Å². The highest BCUT2D eigenvalue weighted by Crippen LogP contribution is 2.15. The monoisotopic (exact) mass is 223 g/mol. The van der Waals surface area contributed by atoms with E-state index in [0.29, 0.717) is 6.04 Å². The van der Waals surface area contributed by atoms with E-state index in [9.17, 15) is 0 Å². The molecule has 0 saturated carbocycles. The molecule has 0 radical (unpaired) electrons. The molecule has 0 aromatic carbocycles.